The molecule has 1 atom stereocenters. The van der Waals surface area contributed by atoms with Crippen molar-refractivity contribution in [3.63, 3.8) is 0 Å². The molecule has 90 valence electrons. The van der Waals surface area contributed by atoms with Crippen LogP contribution in [0.2, 0.25) is 0 Å². The van der Waals surface area contributed by atoms with Crippen molar-refractivity contribution >= 4 is 28.3 Å². The van der Waals surface area contributed by atoms with Crippen molar-refractivity contribution in [1.82, 2.24) is 5.32 Å². The molecule has 0 unspecified atom stereocenters. The molecule has 2 nitrogen and oxygen atoms in total. The molecule has 6 heteroatoms. The zero-order chi connectivity index (χ0) is 10.8. The van der Waals surface area contributed by atoms with E-state index in [1.54, 1.807) is 0 Å². The van der Waals surface area contributed by atoms with Crippen LogP contribution in [-0.4, -0.2) is 19.8 Å². The first-order valence-electron chi connectivity index (χ1n) is 4.64. The Morgan fingerprint density at radius 2 is 2.12 bits per heavy atom. The summed E-state index contributed by atoms with van der Waals surface area (Å²) in [7, 11) is 0. The molecule has 1 heterocycles. The normalized spacial score (nSPS) is 20.3. The first-order valence-corrected chi connectivity index (χ1v) is 5.44. The van der Waals surface area contributed by atoms with Crippen LogP contribution in [-0.2, 0) is 4.74 Å². The van der Waals surface area contributed by atoms with E-state index in [4.69, 9.17) is 4.74 Å². The maximum absolute atomic E-state index is 13.7. The predicted molar refractivity (Wildman–Crippen MR) is 62.9 cm³/mol. The maximum Gasteiger partial charge on any atom is 0.145 e. The molecule has 1 aromatic rings. The summed E-state index contributed by atoms with van der Waals surface area (Å²) in [5, 5.41) is 3.02. The van der Waals surface area contributed by atoms with Crippen molar-refractivity contribution in [3.8, 4) is 0 Å². The molecule has 1 N–H and O–H groups in total. The number of benzene rings is 1. The minimum absolute atomic E-state index is 0. The van der Waals surface area contributed by atoms with Crippen molar-refractivity contribution in [3.05, 3.63) is 33.8 Å². The third-order valence-corrected chi connectivity index (χ3v) is 2.96. The summed E-state index contributed by atoms with van der Waals surface area (Å²) < 4.78 is 32.6. The quantitative estimate of drug-likeness (QED) is 0.805. The van der Waals surface area contributed by atoms with Crippen LogP contribution in [0.3, 0.4) is 0 Å². The SMILES string of the molecule is Cl.Fc1ccc(Br)c(F)c1[C@@H]1COCCN1. The highest BCUT2D eigenvalue weighted by Crippen LogP contribution is 2.27. The van der Waals surface area contributed by atoms with Gasteiger partial charge < -0.3 is 10.1 Å². The van der Waals surface area contributed by atoms with Crippen LogP contribution in [0.5, 0.6) is 0 Å². The standard InChI is InChI=1S/C10H10BrF2NO.ClH/c11-6-1-2-7(12)9(10(6)13)8-5-15-4-3-14-8;/h1-2,8,14H,3-5H2;1H/t8-;/m0./s1. The van der Waals surface area contributed by atoms with Crippen LogP contribution in [0, 0.1) is 11.6 Å². The molecule has 1 fully saturated rings. The first kappa shape index (κ1) is 13.8. The Bertz CT molecular complexity index is 372. The lowest BCUT2D eigenvalue weighted by atomic mass is 10.1. The Labute approximate surface area is 107 Å². The summed E-state index contributed by atoms with van der Waals surface area (Å²) in [5.41, 5.74) is 0.0454. The third-order valence-electron chi connectivity index (χ3n) is 2.35. The van der Waals surface area contributed by atoms with E-state index in [0.717, 1.165) is 0 Å². The molecular weight excluding hydrogens is 303 g/mol. The Kier molecular flexibility index (Phi) is 5.11. The van der Waals surface area contributed by atoms with E-state index < -0.39 is 17.7 Å². The van der Waals surface area contributed by atoms with Crippen LogP contribution < -0.4 is 5.32 Å². The molecule has 0 spiro atoms. The van der Waals surface area contributed by atoms with Crippen LogP contribution in [0.1, 0.15) is 11.6 Å². The molecule has 1 saturated heterocycles. The zero-order valence-electron chi connectivity index (χ0n) is 8.30. The lowest BCUT2D eigenvalue weighted by Crippen LogP contribution is -2.35. The monoisotopic (exact) mass is 313 g/mol. The largest absolute Gasteiger partial charge is 0.378 e. The number of hydrogen-bond acceptors (Lipinski definition) is 2. The highest BCUT2D eigenvalue weighted by atomic mass is 79.9. The van der Waals surface area contributed by atoms with Gasteiger partial charge in [0, 0.05) is 12.1 Å². The Morgan fingerprint density at radius 1 is 1.38 bits per heavy atom. The molecule has 0 radical (unpaired) electrons. The summed E-state index contributed by atoms with van der Waals surface area (Å²) in [6.45, 7) is 1.48. The highest BCUT2D eigenvalue weighted by Gasteiger charge is 2.23. The van der Waals surface area contributed by atoms with Gasteiger partial charge in [-0.3, -0.25) is 0 Å². The average molecular weight is 315 g/mol. The molecule has 0 amide bonds. The van der Waals surface area contributed by atoms with Crippen molar-refractivity contribution in [2.45, 2.75) is 6.04 Å². The van der Waals surface area contributed by atoms with Crippen LogP contribution in [0.4, 0.5) is 8.78 Å². The molecular formula is C10H11BrClF2NO. The number of hydrogen-bond donors (Lipinski definition) is 1. The molecule has 0 aromatic heterocycles. The van der Waals surface area contributed by atoms with Crippen molar-refractivity contribution in [2.24, 2.45) is 0 Å². The molecule has 1 aliphatic rings. The van der Waals surface area contributed by atoms with E-state index in [-0.39, 0.29) is 22.4 Å². The fourth-order valence-electron chi connectivity index (χ4n) is 1.61. The highest BCUT2D eigenvalue weighted by molar-refractivity contribution is 9.10. The second-order valence-corrected chi connectivity index (χ2v) is 4.19. The second-order valence-electron chi connectivity index (χ2n) is 3.34. The van der Waals surface area contributed by atoms with Crippen LogP contribution in [0.25, 0.3) is 0 Å². The number of ether oxygens (including phenoxy) is 1. The molecule has 2 rings (SSSR count). The minimum atomic E-state index is -0.557. The van der Waals surface area contributed by atoms with Gasteiger partial charge in [-0.25, -0.2) is 8.78 Å². The molecule has 0 aliphatic carbocycles. The van der Waals surface area contributed by atoms with Gasteiger partial charge in [0.25, 0.3) is 0 Å². The van der Waals surface area contributed by atoms with Gasteiger partial charge in [0.1, 0.15) is 11.6 Å². The van der Waals surface area contributed by atoms with E-state index in [2.05, 4.69) is 21.2 Å². The number of rotatable bonds is 1. The smallest absolute Gasteiger partial charge is 0.145 e. The molecule has 0 bridgehead atoms. The summed E-state index contributed by atoms with van der Waals surface area (Å²) in [5.74, 6) is -1.10. The number of morpholine rings is 1. The summed E-state index contributed by atoms with van der Waals surface area (Å²) in [4.78, 5) is 0. The van der Waals surface area contributed by atoms with Gasteiger partial charge in [-0.2, -0.15) is 0 Å². The summed E-state index contributed by atoms with van der Waals surface area (Å²) in [6, 6.07) is 2.20. The van der Waals surface area contributed by atoms with E-state index in [1.165, 1.54) is 12.1 Å². The van der Waals surface area contributed by atoms with Crippen molar-refractivity contribution in [2.75, 3.05) is 19.8 Å². The Balaban J connectivity index is 0.00000128. The van der Waals surface area contributed by atoms with Gasteiger partial charge in [0.15, 0.2) is 0 Å². The first-order chi connectivity index (χ1) is 7.20. The van der Waals surface area contributed by atoms with Crippen LogP contribution in [0.15, 0.2) is 16.6 Å². The molecule has 16 heavy (non-hydrogen) atoms. The average Bonchev–Trinajstić information content (AvgIpc) is 2.26. The van der Waals surface area contributed by atoms with Gasteiger partial charge in [-0.15, -0.1) is 12.4 Å². The lowest BCUT2D eigenvalue weighted by molar-refractivity contribution is 0.0745. The van der Waals surface area contributed by atoms with Crippen LogP contribution >= 0.6 is 28.3 Å². The maximum atomic E-state index is 13.7. The minimum Gasteiger partial charge on any atom is -0.378 e. The topological polar surface area (TPSA) is 21.3 Å². The molecule has 0 saturated carbocycles. The fourth-order valence-corrected chi connectivity index (χ4v) is 1.96. The van der Waals surface area contributed by atoms with Crippen molar-refractivity contribution in [1.29, 1.82) is 0 Å². The second kappa shape index (κ2) is 5.91. The third kappa shape index (κ3) is 2.71. The van der Waals surface area contributed by atoms with Gasteiger partial charge in [-0.05, 0) is 28.1 Å². The van der Waals surface area contributed by atoms with E-state index in [1.807, 2.05) is 0 Å². The lowest BCUT2D eigenvalue weighted by Gasteiger charge is -2.25. The zero-order valence-corrected chi connectivity index (χ0v) is 10.7. The number of halogens is 4. The van der Waals surface area contributed by atoms with Gasteiger partial charge in [0.2, 0.25) is 0 Å². The van der Waals surface area contributed by atoms with Crippen molar-refractivity contribution < 1.29 is 13.5 Å². The van der Waals surface area contributed by atoms with E-state index in [0.29, 0.717) is 19.8 Å². The number of nitrogens with one attached hydrogen (secondary N) is 1. The van der Waals surface area contributed by atoms with Gasteiger partial charge in [-0.1, -0.05) is 0 Å². The predicted octanol–water partition coefficient (Wildman–Crippen LogP) is 2.81. The fraction of sp³-hybridized carbons (Fsp3) is 0.400. The Morgan fingerprint density at radius 3 is 2.75 bits per heavy atom. The van der Waals surface area contributed by atoms with Gasteiger partial charge >= 0.3 is 0 Å². The summed E-state index contributed by atoms with van der Waals surface area (Å²) in [6.07, 6.45) is 0. The Hall–Kier alpha value is -0.230. The van der Waals surface area contributed by atoms with E-state index in [9.17, 15) is 8.78 Å². The van der Waals surface area contributed by atoms with Gasteiger partial charge in [0.05, 0.1) is 23.7 Å². The summed E-state index contributed by atoms with van der Waals surface area (Å²) >= 11 is 3.04. The van der Waals surface area contributed by atoms with E-state index >= 15 is 0 Å². The molecule has 1 aliphatic heterocycles. The molecule has 1 aromatic carbocycles.